The molecule has 5 heteroatoms. The number of para-hydroxylation sites is 3. The molecule has 0 aliphatic carbocycles. The lowest BCUT2D eigenvalue weighted by Gasteiger charge is -2.11. The molecule has 7 aromatic carbocycles. The van der Waals surface area contributed by atoms with Crippen LogP contribution in [0.3, 0.4) is 0 Å². The van der Waals surface area contributed by atoms with Crippen LogP contribution < -0.4 is 0 Å². The molecule has 10 aromatic rings. The Morgan fingerprint density at radius 3 is 1.28 bits per heavy atom. The van der Waals surface area contributed by atoms with E-state index in [9.17, 15) is 5.48 Å². The fourth-order valence-electron chi connectivity index (χ4n) is 6.49. The Morgan fingerprint density at radius 2 is 0.780 bits per heavy atom. The number of aromatic nitrogens is 5. The van der Waals surface area contributed by atoms with E-state index in [0.717, 1.165) is 38.3 Å². The molecule has 3 heterocycles. The molecule has 0 fully saturated rings. The van der Waals surface area contributed by atoms with Gasteiger partial charge in [0.05, 0.1) is 41.3 Å². The van der Waals surface area contributed by atoms with Crippen LogP contribution in [0, 0.1) is 0 Å². The van der Waals surface area contributed by atoms with Crippen molar-refractivity contribution in [3.63, 3.8) is 0 Å². The van der Waals surface area contributed by atoms with Crippen LogP contribution in [0.15, 0.2) is 176 Å². The second-order valence-corrected chi connectivity index (χ2v) is 11.5. The zero-order valence-corrected chi connectivity index (χ0v) is 25.9. The van der Waals surface area contributed by atoms with E-state index in [1.807, 2.05) is 84.9 Å². The normalized spacial score (nSPS) is 15.5. The third kappa shape index (κ3) is 4.52. The van der Waals surface area contributed by atoms with Gasteiger partial charge in [0.2, 0.25) is 0 Å². The van der Waals surface area contributed by atoms with Crippen LogP contribution in [0.1, 0.15) is 19.2 Å². The van der Waals surface area contributed by atoms with Crippen molar-refractivity contribution in [3.05, 3.63) is 176 Å². The van der Waals surface area contributed by atoms with E-state index in [2.05, 4.69) is 25.6 Å². The fourth-order valence-corrected chi connectivity index (χ4v) is 6.49. The third-order valence-corrected chi connectivity index (χ3v) is 8.62. The molecule has 0 spiro atoms. The van der Waals surface area contributed by atoms with Gasteiger partial charge in [0, 0.05) is 49.6 Å². The van der Waals surface area contributed by atoms with Gasteiger partial charge in [-0.05, 0) is 60.6 Å². The first kappa shape index (κ1) is 17.5. The van der Waals surface area contributed by atoms with E-state index in [4.69, 9.17) is 13.7 Å². The van der Waals surface area contributed by atoms with Crippen molar-refractivity contribution < 1.29 is 19.2 Å². The van der Waals surface area contributed by atoms with Gasteiger partial charge in [-0.1, -0.05) is 115 Å². The van der Waals surface area contributed by atoms with E-state index in [1.54, 1.807) is 4.57 Å². The van der Waals surface area contributed by atoms with E-state index in [-0.39, 0.29) is 5.69 Å². The maximum atomic E-state index is 9.54. The molecule has 0 N–H and O–H groups in total. The largest absolute Gasteiger partial charge is 0.309 e. The average Bonchev–Trinajstić information content (AvgIpc) is 3.80. The summed E-state index contributed by atoms with van der Waals surface area (Å²) in [5.41, 5.74) is 2.41. The Labute approximate surface area is 308 Å². The van der Waals surface area contributed by atoms with Gasteiger partial charge in [0.15, 0.2) is 17.5 Å². The summed E-state index contributed by atoms with van der Waals surface area (Å²) >= 11 is 0. The molecule has 0 amide bonds. The fraction of sp³-hybridized carbons (Fsp3) is 0. The van der Waals surface area contributed by atoms with Crippen LogP contribution in [0.5, 0.6) is 0 Å². The summed E-state index contributed by atoms with van der Waals surface area (Å²) < 4.78 is 126. The monoisotopic (exact) mass is 653 g/mol. The molecule has 0 saturated carbocycles. The van der Waals surface area contributed by atoms with Gasteiger partial charge < -0.3 is 9.13 Å². The van der Waals surface area contributed by atoms with Crippen LogP contribution in [0.25, 0.3) is 89.2 Å². The van der Waals surface area contributed by atoms with Gasteiger partial charge in [0.25, 0.3) is 0 Å². The summed E-state index contributed by atoms with van der Waals surface area (Å²) in [5, 5.41) is 3.41. The van der Waals surface area contributed by atoms with Crippen molar-refractivity contribution in [2.45, 2.75) is 0 Å². The Balaban J connectivity index is 1.27. The molecule has 0 unspecified atom stereocenters. The molecule has 3 aromatic heterocycles. The summed E-state index contributed by atoms with van der Waals surface area (Å²) in [6.45, 7) is 0. The minimum atomic E-state index is -0.732. The van der Waals surface area contributed by atoms with Gasteiger partial charge in [-0.3, -0.25) is 0 Å². The molecular formula is C45H29N5. The van der Waals surface area contributed by atoms with Gasteiger partial charge in [-0.25, -0.2) is 15.0 Å². The van der Waals surface area contributed by atoms with Gasteiger partial charge >= 0.3 is 0 Å². The first-order valence-corrected chi connectivity index (χ1v) is 15.7. The SMILES string of the molecule is [2H]c1c([2H])c([2H])c(-c2nc(-c3c([2H])c([2H])c([2H])c([2H])c3[2H])nc(-c3c([2H])c([2H])c(-n4c5ccccc5c5cc6c(cc54)c4ccccc4n6-c4ccccc4)c([2H])c3[2H])n2)c([2H])c1[2H]. The molecule has 0 bridgehead atoms. The Kier molecular flexibility index (Phi) is 3.99. The van der Waals surface area contributed by atoms with E-state index in [1.165, 1.54) is 0 Å². The summed E-state index contributed by atoms with van der Waals surface area (Å²) in [4.78, 5) is 13.0. The molecule has 10 rings (SSSR count). The van der Waals surface area contributed by atoms with Crippen LogP contribution in [-0.2, 0) is 0 Å². The molecule has 0 atom stereocenters. The van der Waals surface area contributed by atoms with Gasteiger partial charge in [-0.15, -0.1) is 0 Å². The summed E-state index contributed by atoms with van der Waals surface area (Å²) in [5.74, 6) is -1.75. The standard InChI is InChI=1S/C45H29N5/c1-4-14-30(15-5-1)43-46-44(31-16-6-2-7-17-31)48-45(47-43)32-24-26-34(27-25-32)50-40-23-13-11-21-36(40)38-28-41-37(29-42(38)50)35-20-10-12-22-39(35)49(41)33-18-8-3-9-19-33/h1-29H/i1D,2D,4D,5D,6D,7D,14D,15D,16D,17D,24D,25D,26D,27D. The molecule has 0 aliphatic heterocycles. The number of fused-ring (bicyclic) bond motifs is 6. The zero-order chi connectivity index (χ0) is 45.2. The average molecular weight is 654 g/mol. The highest BCUT2D eigenvalue weighted by atomic mass is 15.0. The quantitative estimate of drug-likeness (QED) is 0.186. The van der Waals surface area contributed by atoms with Crippen molar-refractivity contribution in [3.8, 4) is 45.5 Å². The highest BCUT2D eigenvalue weighted by Crippen LogP contribution is 2.39. The molecule has 50 heavy (non-hydrogen) atoms. The summed E-state index contributed by atoms with van der Waals surface area (Å²) in [7, 11) is 0. The van der Waals surface area contributed by atoms with Crippen LogP contribution in [0.4, 0.5) is 0 Å². The maximum Gasteiger partial charge on any atom is 0.164 e. The molecule has 0 radical (unpaired) electrons. The molecule has 0 aliphatic rings. The molecule has 5 nitrogen and oxygen atoms in total. The molecule has 234 valence electrons. The number of nitrogens with zero attached hydrogens (tertiary/aromatic N) is 5. The van der Waals surface area contributed by atoms with Gasteiger partial charge in [-0.2, -0.15) is 0 Å². The lowest BCUT2D eigenvalue weighted by Crippen LogP contribution is -2.00. The Morgan fingerprint density at radius 1 is 0.360 bits per heavy atom. The van der Waals surface area contributed by atoms with E-state index in [0.29, 0.717) is 11.0 Å². The second kappa shape index (κ2) is 11.4. The van der Waals surface area contributed by atoms with Crippen molar-refractivity contribution >= 4 is 43.6 Å². The maximum absolute atomic E-state index is 9.54. The smallest absolute Gasteiger partial charge is 0.164 e. The van der Waals surface area contributed by atoms with Gasteiger partial charge in [0.1, 0.15) is 0 Å². The van der Waals surface area contributed by atoms with Crippen LogP contribution >= 0.6 is 0 Å². The van der Waals surface area contributed by atoms with Crippen molar-refractivity contribution in [1.82, 2.24) is 24.1 Å². The lowest BCUT2D eigenvalue weighted by molar-refractivity contribution is 1.07. The minimum Gasteiger partial charge on any atom is -0.309 e. The molecular weight excluding hydrogens is 611 g/mol. The van der Waals surface area contributed by atoms with E-state index >= 15 is 0 Å². The van der Waals surface area contributed by atoms with Crippen LogP contribution in [0.2, 0.25) is 0 Å². The second-order valence-electron chi connectivity index (χ2n) is 11.5. The minimum absolute atomic E-state index is 0.0955. The Hall–Kier alpha value is -6.85. The number of hydrogen-bond acceptors (Lipinski definition) is 3. The van der Waals surface area contributed by atoms with Crippen molar-refractivity contribution in [2.24, 2.45) is 0 Å². The number of hydrogen-bond donors (Lipinski definition) is 0. The van der Waals surface area contributed by atoms with E-state index < -0.39 is 119 Å². The third-order valence-electron chi connectivity index (χ3n) is 8.62. The highest BCUT2D eigenvalue weighted by Gasteiger charge is 2.19. The van der Waals surface area contributed by atoms with Crippen LogP contribution in [-0.4, -0.2) is 24.1 Å². The summed E-state index contributed by atoms with van der Waals surface area (Å²) in [6, 6.07) is 19.9. The first-order valence-electron chi connectivity index (χ1n) is 22.7. The molecule has 0 saturated heterocycles. The number of benzene rings is 7. The Bertz CT molecular complexity index is 3500. The lowest BCUT2D eigenvalue weighted by atomic mass is 10.1. The first-order chi connectivity index (χ1) is 30.6. The highest BCUT2D eigenvalue weighted by molar-refractivity contribution is 6.19. The van der Waals surface area contributed by atoms with Crippen molar-refractivity contribution in [1.29, 1.82) is 0 Å². The predicted octanol–water partition coefficient (Wildman–Crippen LogP) is 11.1. The number of rotatable bonds is 5. The van der Waals surface area contributed by atoms with Crippen molar-refractivity contribution in [2.75, 3.05) is 0 Å². The zero-order valence-electron chi connectivity index (χ0n) is 39.9. The summed E-state index contributed by atoms with van der Waals surface area (Å²) in [6.07, 6.45) is 0. The predicted molar refractivity (Wildman–Crippen MR) is 205 cm³/mol. The topological polar surface area (TPSA) is 48.5 Å².